The number of aliphatic hydroxyl groups is 1. The Balaban J connectivity index is 3.12. The Labute approximate surface area is 160 Å². The second-order valence-corrected chi connectivity index (χ2v) is 8.36. The van der Waals surface area contributed by atoms with E-state index in [1.807, 2.05) is 0 Å². The Kier molecular flexibility index (Phi) is 18.6. The average molecular weight is 357 g/mol. The van der Waals surface area contributed by atoms with E-state index in [2.05, 4.69) is 20.9 Å². The predicted octanol–water partition coefficient (Wildman–Crippen LogP) is 6.71. The Morgan fingerprint density at radius 1 is 0.480 bits per heavy atom. The van der Waals surface area contributed by atoms with Crippen LogP contribution in [0.4, 0.5) is 0 Å². The molecule has 0 atom stereocenters. The standard InChI is InChI=1S/C23H50NO/c1-4-24(3,5-2)22-20-18-16-14-12-10-8-6-7-9-11-13-15-17-19-21-23-25/h25H,4-23H2,1-3H3/q+1. The van der Waals surface area contributed by atoms with Crippen LogP contribution in [0.3, 0.4) is 0 Å². The molecule has 0 spiro atoms. The van der Waals surface area contributed by atoms with Gasteiger partial charge in [-0.1, -0.05) is 83.5 Å². The molecule has 0 aromatic carbocycles. The smallest absolute Gasteiger partial charge is 0.0784 e. The zero-order valence-electron chi connectivity index (χ0n) is 18.0. The molecular formula is C23H50NO+. The molecule has 25 heavy (non-hydrogen) atoms. The van der Waals surface area contributed by atoms with Crippen LogP contribution in [-0.2, 0) is 0 Å². The average Bonchev–Trinajstić information content (AvgIpc) is 2.64. The summed E-state index contributed by atoms with van der Waals surface area (Å²) in [4.78, 5) is 0. The number of quaternary nitrogens is 1. The van der Waals surface area contributed by atoms with Crippen LogP contribution < -0.4 is 0 Å². The van der Waals surface area contributed by atoms with Crippen LogP contribution in [0.15, 0.2) is 0 Å². The lowest BCUT2D eigenvalue weighted by molar-refractivity contribution is -0.906. The predicted molar refractivity (Wildman–Crippen MR) is 113 cm³/mol. The quantitative estimate of drug-likeness (QED) is 0.190. The summed E-state index contributed by atoms with van der Waals surface area (Å²) in [5.74, 6) is 0. The Morgan fingerprint density at radius 2 is 0.760 bits per heavy atom. The molecular weight excluding hydrogens is 306 g/mol. The molecule has 0 aliphatic heterocycles. The van der Waals surface area contributed by atoms with Crippen LogP contribution >= 0.6 is 0 Å². The van der Waals surface area contributed by atoms with Crippen LogP contribution in [0.25, 0.3) is 0 Å². The molecule has 0 amide bonds. The molecule has 0 aromatic rings. The van der Waals surface area contributed by atoms with Crippen molar-refractivity contribution < 1.29 is 9.59 Å². The molecule has 0 saturated heterocycles. The van der Waals surface area contributed by atoms with Gasteiger partial charge in [0.1, 0.15) is 0 Å². The number of rotatable bonds is 20. The van der Waals surface area contributed by atoms with Crippen molar-refractivity contribution >= 4 is 0 Å². The van der Waals surface area contributed by atoms with Crippen molar-refractivity contribution in [3.05, 3.63) is 0 Å². The first kappa shape index (κ1) is 24.9. The van der Waals surface area contributed by atoms with E-state index in [4.69, 9.17) is 5.11 Å². The second-order valence-electron chi connectivity index (χ2n) is 8.36. The van der Waals surface area contributed by atoms with E-state index < -0.39 is 0 Å². The molecule has 0 heterocycles. The van der Waals surface area contributed by atoms with E-state index in [0.717, 1.165) is 6.42 Å². The first-order valence-corrected chi connectivity index (χ1v) is 11.6. The van der Waals surface area contributed by atoms with Crippen molar-refractivity contribution in [2.75, 3.05) is 33.3 Å². The third-order valence-electron chi connectivity index (χ3n) is 6.13. The van der Waals surface area contributed by atoms with E-state index in [-0.39, 0.29) is 0 Å². The van der Waals surface area contributed by atoms with Crippen LogP contribution in [0.5, 0.6) is 0 Å². The summed E-state index contributed by atoms with van der Waals surface area (Å²) in [6.07, 6.45) is 22.2. The van der Waals surface area contributed by atoms with E-state index >= 15 is 0 Å². The molecule has 0 aliphatic carbocycles. The fourth-order valence-electron chi connectivity index (χ4n) is 3.62. The number of aliphatic hydroxyl groups excluding tert-OH is 1. The summed E-state index contributed by atoms with van der Waals surface area (Å²) in [6, 6.07) is 0. The molecule has 0 bridgehead atoms. The van der Waals surface area contributed by atoms with Gasteiger partial charge in [-0.15, -0.1) is 0 Å². The fourth-order valence-corrected chi connectivity index (χ4v) is 3.62. The van der Waals surface area contributed by atoms with Crippen molar-refractivity contribution in [1.82, 2.24) is 0 Å². The van der Waals surface area contributed by atoms with Gasteiger partial charge in [-0.3, -0.25) is 0 Å². The SMILES string of the molecule is CC[N+](C)(CC)CCCCCCCCCCCCCCCCCCO. The molecule has 0 aromatic heterocycles. The lowest BCUT2D eigenvalue weighted by atomic mass is 10.0. The summed E-state index contributed by atoms with van der Waals surface area (Å²) >= 11 is 0. The maximum Gasteiger partial charge on any atom is 0.0784 e. The monoisotopic (exact) mass is 356 g/mol. The molecule has 1 N–H and O–H groups in total. The number of hydrogen-bond acceptors (Lipinski definition) is 1. The van der Waals surface area contributed by atoms with Gasteiger partial charge in [0.25, 0.3) is 0 Å². The molecule has 0 radical (unpaired) electrons. The molecule has 2 nitrogen and oxygen atoms in total. The highest BCUT2D eigenvalue weighted by molar-refractivity contribution is 4.50. The maximum absolute atomic E-state index is 8.73. The van der Waals surface area contributed by atoms with Crippen molar-refractivity contribution in [3.8, 4) is 0 Å². The highest BCUT2D eigenvalue weighted by atomic mass is 16.2. The third kappa shape index (κ3) is 17.1. The Hall–Kier alpha value is -0.0800. The van der Waals surface area contributed by atoms with E-state index in [1.54, 1.807) is 0 Å². The zero-order chi connectivity index (χ0) is 18.6. The number of hydrogen-bond donors (Lipinski definition) is 1. The Bertz CT molecular complexity index is 250. The van der Waals surface area contributed by atoms with Gasteiger partial charge in [0, 0.05) is 6.61 Å². The molecule has 152 valence electrons. The van der Waals surface area contributed by atoms with Crippen LogP contribution in [0.1, 0.15) is 117 Å². The zero-order valence-corrected chi connectivity index (χ0v) is 18.0. The highest BCUT2D eigenvalue weighted by Gasteiger charge is 2.14. The minimum Gasteiger partial charge on any atom is -0.396 e. The van der Waals surface area contributed by atoms with E-state index in [0.29, 0.717) is 6.61 Å². The second kappa shape index (κ2) is 18.7. The van der Waals surface area contributed by atoms with Gasteiger partial charge in [0.05, 0.1) is 26.7 Å². The van der Waals surface area contributed by atoms with Crippen LogP contribution in [0.2, 0.25) is 0 Å². The molecule has 0 unspecified atom stereocenters. The maximum atomic E-state index is 8.73. The normalized spacial score (nSPS) is 12.0. The first-order chi connectivity index (χ1) is 12.2. The molecule has 0 fully saturated rings. The summed E-state index contributed by atoms with van der Waals surface area (Å²) < 4.78 is 1.25. The van der Waals surface area contributed by atoms with Crippen molar-refractivity contribution in [3.63, 3.8) is 0 Å². The highest BCUT2D eigenvalue weighted by Crippen LogP contribution is 2.14. The van der Waals surface area contributed by atoms with Gasteiger partial charge in [-0.25, -0.2) is 0 Å². The molecule has 0 saturated carbocycles. The summed E-state index contributed by atoms with van der Waals surface area (Å²) in [5, 5.41) is 8.73. The fraction of sp³-hybridized carbons (Fsp3) is 1.00. The molecule has 2 heteroatoms. The minimum atomic E-state index is 0.371. The summed E-state index contributed by atoms with van der Waals surface area (Å²) in [5.41, 5.74) is 0. The topological polar surface area (TPSA) is 20.2 Å². The molecule has 0 rings (SSSR count). The first-order valence-electron chi connectivity index (χ1n) is 11.6. The summed E-state index contributed by atoms with van der Waals surface area (Å²) in [7, 11) is 2.40. The van der Waals surface area contributed by atoms with Crippen molar-refractivity contribution in [1.29, 1.82) is 0 Å². The van der Waals surface area contributed by atoms with Crippen molar-refractivity contribution in [2.24, 2.45) is 0 Å². The third-order valence-corrected chi connectivity index (χ3v) is 6.13. The summed E-state index contributed by atoms with van der Waals surface area (Å²) in [6.45, 7) is 8.94. The minimum absolute atomic E-state index is 0.371. The Morgan fingerprint density at radius 3 is 1.04 bits per heavy atom. The largest absolute Gasteiger partial charge is 0.396 e. The molecule has 0 aliphatic rings. The van der Waals surface area contributed by atoms with Gasteiger partial charge in [0.15, 0.2) is 0 Å². The van der Waals surface area contributed by atoms with Crippen LogP contribution in [0, 0.1) is 0 Å². The van der Waals surface area contributed by atoms with Gasteiger partial charge in [0.2, 0.25) is 0 Å². The van der Waals surface area contributed by atoms with Gasteiger partial charge >= 0.3 is 0 Å². The van der Waals surface area contributed by atoms with Crippen molar-refractivity contribution in [2.45, 2.75) is 117 Å². The lowest BCUT2D eigenvalue weighted by Crippen LogP contribution is -2.44. The van der Waals surface area contributed by atoms with Gasteiger partial charge < -0.3 is 9.59 Å². The lowest BCUT2D eigenvalue weighted by Gasteiger charge is -2.32. The number of unbranched alkanes of at least 4 members (excludes halogenated alkanes) is 15. The van der Waals surface area contributed by atoms with E-state index in [9.17, 15) is 0 Å². The number of nitrogens with zero attached hydrogens (tertiary/aromatic N) is 1. The van der Waals surface area contributed by atoms with Crippen LogP contribution in [-0.4, -0.2) is 42.9 Å². The van der Waals surface area contributed by atoms with Gasteiger partial charge in [-0.05, 0) is 33.1 Å². The van der Waals surface area contributed by atoms with E-state index in [1.165, 1.54) is 120 Å². The van der Waals surface area contributed by atoms with Gasteiger partial charge in [-0.2, -0.15) is 0 Å².